The van der Waals surface area contributed by atoms with Gasteiger partial charge in [0.05, 0.1) is 0 Å². The summed E-state index contributed by atoms with van der Waals surface area (Å²) in [5, 5.41) is 11.9. The summed E-state index contributed by atoms with van der Waals surface area (Å²) in [6.45, 7) is 5.16. The highest BCUT2D eigenvalue weighted by Gasteiger charge is 2.32. The minimum atomic E-state index is -0.908. The van der Waals surface area contributed by atoms with Gasteiger partial charge in [-0.05, 0) is 39.4 Å². The van der Waals surface area contributed by atoms with E-state index in [1.54, 1.807) is 11.8 Å². The number of piperidine rings is 1. The monoisotopic (exact) mass is 274 g/mol. The van der Waals surface area contributed by atoms with Gasteiger partial charge in [-0.2, -0.15) is 11.8 Å². The zero-order valence-electron chi connectivity index (χ0n) is 11.2. The SMILES string of the molecule is CSC(C)(C)CNC(=O)N1CCCCC1C(=O)O. The highest BCUT2D eigenvalue weighted by molar-refractivity contribution is 7.99. The minimum Gasteiger partial charge on any atom is -0.480 e. The van der Waals surface area contributed by atoms with E-state index in [4.69, 9.17) is 5.11 Å². The topological polar surface area (TPSA) is 69.6 Å². The Morgan fingerprint density at radius 2 is 2.11 bits per heavy atom. The lowest BCUT2D eigenvalue weighted by Gasteiger charge is -2.34. The van der Waals surface area contributed by atoms with Crippen LogP contribution >= 0.6 is 11.8 Å². The molecule has 1 heterocycles. The molecule has 5 nitrogen and oxygen atoms in total. The van der Waals surface area contributed by atoms with Gasteiger partial charge in [0.2, 0.25) is 0 Å². The zero-order chi connectivity index (χ0) is 13.8. The maximum absolute atomic E-state index is 12.0. The lowest BCUT2D eigenvalue weighted by Crippen LogP contribution is -2.53. The highest BCUT2D eigenvalue weighted by Crippen LogP contribution is 2.21. The standard InChI is InChI=1S/C12H22N2O3S/c1-12(2,18-3)8-13-11(17)14-7-5-4-6-9(14)10(15)16/h9H,4-8H2,1-3H3,(H,13,17)(H,15,16). The molecule has 104 valence electrons. The first-order valence-corrected chi connectivity index (χ1v) is 7.42. The Hall–Kier alpha value is -0.910. The quantitative estimate of drug-likeness (QED) is 0.820. The highest BCUT2D eigenvalue weighted by atomic mass is 32.2. The molecule has 0 aliphatic carbocycles. The number of carbonyl (C=O) groups is 2. The van der Waals surface area contributed by atoms with Crippen molar-refractivity contribution in [2.75, 3.05) is 19.3 Å². The number of thioether (sulfide) groups is 1. The van der Waals surface area contributed by atoms with Crippen molar-refractivity contribution in [1.82, 2.24) is 10.2 Å². The molecule has 0 spiro atoms. The molecule has 0 aromatic carbocycles. The molecule has 1 unspecified atom stereocenters. The molecule has 0 saturated carbocycles. The molecule has 2 amide bonds. The van der Waals surface area contributed by atoms with E-state index >= 15 is 0 Å². The van der Waals surface area contributed by atoms with E-state index in [1.165, 1.54) is 4.90 Å². The van der Waals surface area contributed by atoms with Crippen LogP contribution in [0.5, 0.6) is 0 Å². The van der Waals surface area contributed by atoms with Gasteiger partial charge in [-0.25, -0.2) is 9.59 Å². The molecule has 6 heteroatoms. The summed E-state index contributed by atoms with van der Waals surface area (Å²) in [5.41, 5.74) is 0. The van der Waals surface area contributed by atoms with Gasteiger partial charge in [-0.3, -0.25) is 0 Å². The van der Waals surface area contributed by atoms with Crippen LogP contribution < -0.4 is 5.32 Å². The number of urea groups is 1. The molecule has 2 N–H and O–H groups in total. The summed E-state index contributed by atoms with van der Waals surface area (Å²) in [6.07, 6.45) is 4.29. The predicted molar refractivity (Wildman–Crippen MR) is 73.0 cm³/mol. The maximum atomic E-state index is 12.0. The summed E-state index contributed by atoms with van der Waals surface area (Å²) in [4.78, 5) is 24.6. The molecule has 1 aliphatic heterocycles. The number of nitrogens with one attached hydrogen (secondary N) is 1. The Bertz CT molecular complexity index is 320. The first-order chi connectivity index (χ1) is 8.37. The first-order valence-electron chi connectivity index (χ1n) is 6.20. The smallest absolute Gasteiger partial charge is 0.326 e. The van der Waals surface area contributed by atoms with Gasteiger partial charge in [0.1, 0.15) is 6.04 Å². The van der Waals surface area contributed by atoms with Gasteiger partial charge >= 0.3 is 12.0 Å². The van der Waals surface area contributed by atoms with Gasteiger partial charge < -0.3 is 15.3 Å². The van der Waals surface area contributed by atoms with Crippen LogP contribution in [0.25, 0.3) is 0 Å². The van der Waals surface area contributed by atoms with Crippen LogP contribution in [0, 0.1) is 0 Å². The van der Waals surface area contributed by atoms with Crippen molar-refractivity contribution in [3.8, 4) is 0 Å². The molecule has 0 radical (unpaired) electrons. The summed E-state index contributed by atoms with van der Waals surface area (Å²) < 4.78 is -0.0375. The first kappa shape index (κ1) is 15.1. The average molecular weight is 274 g/mol. The Morgan fingerprint density at radius 1 is 1.44 bits per heavy atom. The van der Waals surface area contributed by atoms with Crippen molar-refractivity contribution in [2.24, 2.45) is 0 Å². The second kappa shape index (κ2) is 6.31. The van der Waals surface area contributed by atoms with Crippen LogP contribution in [0.15, 0.2) is 0 Å². The van der Waals surface area contributed by atoms with E-state index in [1.807, 2.05) is 20.1 Å². The van der Waals surface area contributed by atoms with E-state index in [0.29, 0.717) is 19.5 Å². The fraction of sp³-hybridized carbons (Fsp3) is 0.833. The molecular weight excluding hydrogens is 252 g/mol. The number of hydrogen-bond donors (Lipinski definition) is 2. The number of rotatable bonds is 4. The number of carboxylic acid groups (broad SMARTS) is 1. The van der Waals surface area contributed by atoms with E-state index in [9.17, 15) is 9.59 Å². The number of nitrogens with zero attached hydrogens (tertiary/aromatic N) is 1. The number of carbonyl (C=O) groups excluding carboxylic acids is 1. The second-order valence-corrected chi connectivity index (χ2v) is 6.68. The van der Waals surface area contributed by atoms with Crippen LogP contribution in [0.4, 0.5) is 4.79 Å². The molecule has 0 bridgehead atoms. The van der Waals surface area contributed by atoms with Crippen molar-refractivity contribution < 1.29 is 14.7 Å². The maximum Gasteiger partial charge on any atom is 0.326 e. The molecule has 1 atom stereocenters. The van der Waals surface area contributed by atoms with Gasteiger partial charge in [-0.1, -0.05) is 0 Å². The van der Waals surface area contributed by atoms with Gasteiger partial charge in [-0.15, -0.1) is 0 Å². The molecule has 1 saturated heterocycles. The summed E-state index contributed by atoms with van der Waals surface area (Å²) in [5.74, 6) is -0.908. The summed E-state index contributed by atoms with van der Waals surface area (Å²) in [6, 6.07) is -0.930. The van der Waals surface area contributed by atoms with E-state index in [0.717, 1.165) is 12.8 Å². The molecule has 1 aliphatic rings. The molecule has 0 aromatic rings. The van der Waals surface area contributed by atoms with Crippen LogP contribution in [-0.2, 0) is 4.79 Å². The van der Waals surface area contributed by atoms with Crippen molar-refractivity contribution >= 4 is 23.8 Å². The van der Waals surface area contributed by atoms with E-state index < -0.39 is 12.0 Å². The summed E-state index contributed by atoms with van der Waals surface area (Å²) in [7, 11) is 0. The number of carboxylic acids is 1. The largest absolute Gasteiger partial charge is 0.480 e. The Balaban J connectivity index is 2.56. The summed E-state index contributed by atoms with van der Waals surface area (Å²) >= 11 is 1.67. The van der Waals surface area contributed by atoms with E-state index in [2.05, 4.69) is 5.32 Å². The second-order valence-electron chi connectivity index (χ2n) is 5.17. The van der Waals surface area contributed by atoms with Crippen LogP contribution in [-0.4, -0.2) is 52.1 Å². The third kappa shape index (κ3) is 4.08. The third-order valence-electron chi connectivity index (χ3n) is 3.27. The number of hydrogen-bond acceptors (Lipinski definition) is 3. The van der Waals surface area contributed by atoms with Crippen molar-refractivity contribution in [3.63, 3.8) is 0 Å². The van der Waals surface area contributed by atoms with E-state index in [-0.39, 0.29) is 10.8 Å². The Morgan fingerprint density at radius 3 is 2.67 bits per heavy atom. The normalized spacial score (nSPS) is 20.6. The molecular formula is C12H22N2O3S. The number of amides is 2. The van der Waals surface area contributed by atoms with Crippen LogP contribution in [0.1, 0.15) is 33.1 Å². The van der Waals surface area contributed by atoms with Gasteiger partial charge in [0.25, 0.3) is 0 Å². The number of aliphatic carboxylic acids is 1. The minimum absolute atomic E-state index is 0.0375. The zero-order valence-corrected chi connectivity index (χ0v) is 12.0. The van der Waals surface area contributed by atoms with Crippen molar-refractivity contribution in [3.05, 3.63) is 0 Å². The average Bonchev–Trinajstić information content (AvgIpc) is 2.36. The Kier molecular flexibility index (Phi) is 5.31. The fourth-order valence-electron chi connectivity index (χ4n) is 1.89. The molecule has 0 aromatic heterocycles. The molecule has 1 fully saturated rings. The lowest BCUT2D eigenvalue weighted by molar-refractivity contribution is -0.143. The lowest BCUT2D eigenvalue weighted by atomic mass is 10.0. The van der Waals surface area contributed by atoms with Gasteiger partial charge in [0, 0.05) is 17.8 Å². The van der Waals surface area contributed by atoms with Crippen LogP contribution in [0.2, 0.25) is 0 Å². The predicted octanol–water partition coefficient (Wildman–Crippen LogP) is 1.78. The fourth-order valence-corrected chi connectivity index (χ4v) is 2.11. The Labute approximate surface area is 112 Å². The number of likely N-dealkylation sites (tertiary alicyclic amines) is 1. The van der Waals surface area contributed by atoms with Crippen molar-refractivity contribution in [1.29, 1.82) is 0 Å². The third-order valence-corrected chi connectivity index (χ3v) is 4.52. The molecule has 1 rings (SSSR count). The van der Waals surface area contributed by atoms with Gasteiger partial charge in [0.15, 0.2) is 0 Å². The van der Waals surface area contributed by atoms with Crippen LogP contribution in [0.3, 0.4) is 0 Å². The molecule has 18 heavy (non-hydrogen) atoms. The van der Waals surface area contributed by atoms with Crippen molar-refractivity contribution in [2.45, 2.75) is 43.9 Å².